The molecule has 3 aromatic rings. The van der Waals surface area contributed by atoms with Crippen molar-refractivity contribution >= 4 is 32.7 Å². The molecule has 0 unspecified atom stereocenters. The Morgan fingerprint density at radius 1 is 1.16 bits per heavy atom. The van der Waals surface area contributed by atoms with E-state index in [0.717, 1.165) is 29.7 Å². The van der Waals surface area contributed by atoms with Gasteiger partial charge in [-0.3, -0.25) is 4.79 Å². The van der Waals surface area contributed by atoms with Crippen LogP contribution in [0.5, 0.6) is 0 Å². The Labute approximate surface area is 182 Å². The van der Waals surface area contributed by atoms with E-state index in [-0.39, 0.29) is 16.7 Å². The predicted octanol–water partition coefficient (Wildman–Crippen LogP) is 3.19. The van der Waals surface area contributed by atoms with Crippen LogP contribution in [0.1, 0.15) is 31.7 Å². The van der Waals surface area contributed by atoms with E-state index in [1.54, 1.807) is 22.9 Å². The highest BCUT2D eigenvalue weighted by Crippen LogP contribution is 2.27. The van der Waals surface area contributed by atoms with Crippen LogP contribution < -0.4 is 5.32 Å². The average Bonchev–Trinajstić information content (AvgIpc) is 3.18. The minimum absolute atomic E-state index is 0.0553. The summed E-state index contributed by atoms with van der Waals surface area (Å²) in [6, 6.07) is 12.6. The number of nitrogens with one attached hydrogen (secondary N) is 1. The molecule has 1 aliphatic rings. The highest BCUT2D eigenvalue weighted by atomic mass is 32.2. The Balaban J connectivity index is 1.43. The number of anilines is 1. The van der Waals surface area contributed by atoms with Gasteiger partial charge in [0.1, 0.15) is 5.52 Å². The molecular weight excluding hydrogens is 414 g/mol. The first kappa shape index (κ1) is 21.5. The fraction of sp³-hybridized carbons (Fsp3) is 0.409. The molecule has 9 heteroatoms. The molecule has 1 aliphatic heterocycles. The first-order chi connectivity index (χ1) is 14.9. The number of benzene rings is 2. The van der Waals surface area contributed by atoms with Crippen LogP contribution >= 0.6 is 0 Å². The number of rotatable bonds is 6. The summed E-state index contributed by atoms with van der Waals surface area (Å²) in [6.07, 6.45) is 1.91. The zero-order chi connectivity index (χ0) is 22.0. The van der Waals surface area contributed by atoms with Crippen molar-refractivity contribution in [2.24, 2.45) is 5.92 Å². The zero-order valence-corrected chi connectivity index (χ0v) is 18.6. The fourth-order valence-electron chi connectivity index (χ4n) is 3.94. The van der Waals surface area contributed by atoms with E-state index in [1.807, 2.05) is 31.2 Å². The number of fused-ring (bicyclic) bond motifs is 1. The maximum absolute atomic E-state index is 13.1. The number of aromatic nitrogens is 3. The van der Waals surface area contributed by atoms with Gasteiger partial charge in [0.05, 0.1) is 10.4 Å². The third-order valence-corrected chi connectivity index (χ3v) is 7.68. The molecule has 1 saturated heterocycles. The first-order valence-electron chi connectivity index (χ1n) is 10.6. The van der Waals surface area contributed by atoms with Crippen molar-refractivity contribution in [3.63, 3.8) is 0 Å². The second-order valence-electron chi connectivity index (χ2n) is 7.95. The summed E-state index contributed by atoms with van der Waals surface area (Å²) in [5, 5.41) is 11.2. The number of piperidine rings is 1. The lowest BCUT2D eigenvalue weighted by Crippen LogP contribution is -2.41. The summed E-state index contributed by atoms with van der Waals surface area (Å²) < 4.78 is 29.5. The lowest BCUT2D eigenvalue weighted by molar-refractivity contribution is -0.120. The molecule has 164 valence electrons. The normalized spacial score (nSPS) is 15.9. The van der Waals surface area contributed by atoms with Gasteiger partial charge < -0.3 is 5.32 Å². The number of sulfonamides is 1. The van der Waals surface area contributed by atoms with Gasteiger partial charge in [0.2, 0.25) is 15.9 Å². The van der Waals surface area contributed by atoms with Gasteiger partial charge in [0, 0.05) is 31.2 Å². The second-order valence-corrected chi connectivity index (χ2v) is 9.88. The van der Waals surface area contributed by atoms with E-state index < -0.39 is 10.0 Å². The van der Waals surface area contributed by atoms with Crippen LogP contribution in [0.2, 0.25) is 0 Å². The number of para-hydroxylation sites is 1. The number of carbonyl (C=O) groups is 1. The topological polar surface area (TPSA) is 97.2 Å². The number of aryl methyl sites for hydroxylation is 2. The molecule has 0 radical (unpaired) electrons. The molecule has 8 nitrogen and oxygen atoms in total. The van der Waals surface area contributed by atoms with Crippen molar-refractivity contribution in [2.75, 3.05) is 18.4 Å². The maximum atomic E-state index is 13.1. The Morgan fingerprint density at radius 3 is 2.61 bits per heavy atom. The minimum Gasteiger partial charge on any atom is -0.326 e. The van der Waals surface area contributed by atoms with Crippen LogP contribution in [0, 0.1) is 12.8 Å². The summed E-state index contributed by atoms with van der Waals surface area (Å²) in [4.78, 5) is 12.9. The zero-order valence-electron chi connectivity index (χ0n) is 17.8. The van der Waals surface area contributed by atoms with Gasteiger partial charge in [0.15, 0.2) is 0 Å². The highest BCUT2D eigenvalue weighted by molar-refractivity contribution is 7.89. The number of hydrogen-bond acceptors (Lipinski definition) is 5. The Morgan fingerprint density at radius 2 is 1.90 bits per heavy atom. The van der Waals surface area contributed by atoms with Crippen LogP contribution in [0.4, 0.5) is 5.69 Å². The van der Waals surface area contributed by atoms with Crippen LogP contribution in [0.3, 0.4) is 0 Å². The molecule has 4 rings (SSSR count). The molecular formula is C22H27N5O3S. The van der Waals surface area contributed by atoms with Gasteiger partial charge in [0.25, 0.3) is 0 Å². The second kappa shape index (κ2) is 8.76. The van der Waals surface area contributed by atoms with Crippen molar-refractivity contribution in [2.45, 2.75) is 44.6 Å². The van der Waals surface area contributed by atoms with Gasteiger partial charge in [-0.25, -0.2) is 13.1 Å². The largest absolute Gasteiger partial charge is 0.326 e. The van der Waals surface area contributed by atoms with Crippen molar-refractivity contribution in [1.82, 2.24) is 19.3 Å². The number of amides is 1. The smallest absolute Gasteiger partial charge is 0.243 e. The van der Waals surface area contributed by atoms with E-state index in [4.69, 9.17) is 0 Å². The summed E-state index contributed by atoms with van der Waals surface area (Å²) in [7, 11) is -3.65. The molecule has 2 aromatic carbocycles. The Kier molecular flexibility index (Phi) is 6.06. The summed E-state index contributed by atoms with van der Waals surface area (Å²) in [5.41, 5.74) is 3.20. The lowest BCUT2D eigenvalue weighted by atomic mass is 9.97. The molecule has 0 spiro atoms. The summed E-state index contributed by atoms with van der Waals surface area (Å²) >= 11 is 0. The molecule has 0 saturated carbocycles. The predicted molar refractivity (Wildman–Crippen MR) is 119 cm³/mol. The molecule has 1 amide bonds. The van der Waals surface area contributed by atoms with Gasteiger partial charge in [-0.1, -0.05) is 30.3 Å². The van der Waals surface area contributed by atoms with Crippen LogP contribution in [-0.4, -0.2) is 46.7 Å². The number of carbonyl (C=O) groups excluding carboxylic acids is 1. The van der Waals surface area contributed by atoms with Crippen LogP contribution in [-0.2, 0) is 21.4 Å². The molecule has 1 N–H and O–H groups in total. The minimum atomic E-state index is -3.65. The van der Waals surface area contributed by atoms with Crippen LogP contribution in [0.15, 0.2) is 47.4 Å². The van der Waals surface area contributed by atoms with Crippen molar-refractivity contribution in [1.29, 1.82) is 0 Å². The van der Waals surface area contributed by atoms with Gasteiger partial charge >= 0.3 is 0 Å². The van der Waals surface area contributed by atoms with Gasteiger partial charge in [-0.05, 0) is 56.0 Å². The van der Waals surface area contributed by atoms with Gasteiger partial charge in [-0.15, -0.1) is 5.10 Å². The van der Waals surface area contributed by atoms with Crippen molar-refractivity contribution < 1.29 is 13.2 Å². The lowest BCUT2D eigenvalue weighted by Gasteiger charge is -2.30. The average molecular weight is 442 g/mol. The van der Waals surface area contributed by atoms with Crippen molar-refractivity contribution in [3.05, 3.63) is 48.0 Å². The first-order valence-corrected chi connectivity index (χ1v) is 12.0. The standard InChI is InChI=1S/C22H27N5O3S/c1-3-12-27-21-9-8-18(15-20(21)24-25-27)31(29,30)26-13-10-17(11-14-26)22(28)23-19-7-5-4-6-16(19)2/h4-9,15,17H,3,10-14H2,1-2H3,(H,23,28). The van der Waals surface area contributed by atoms with Gasteiger partial charge in [-0.2, -0.15) is 4.31 Å². The molecule has 0 atom stereocenters. The molecule has 0 aliphatic carbocycles. The van der Waals surface area contributed by atoms with Crippen molar-refractivity contribution in [3.8, 4) is 0 Å². The maximum Gasteiger partial charge on any atom is 0.243 e. The molecule has 1 fully saturated rings. The molecule has 0 bridgehead atoms. The highest BCUT2D eigenvalue weighted by Gasteiger charge is 2.32. The monoisotopic (exact) mass is 441 g/mol. The molecule has 31 heavy (non-hydrogen) atoms. The fourth-order valence-corrected chi connectivity index (χ4v) is 5.43. The molecule has 2 heterocycles. The summed E-state index contributed by atoms with van der Waals surface area (Å²) in [6.45, 7) is 5.36. The van der Waals surface area contributed by atoms with E-state index in [2.05, 4.69) is 22.6 Å². The Bertz CT molecular complexity index is 1200. The summed E-state index contributed by atoms with van der Waals surface area (Å²) in [5.74, 6) is -0.261. The molecule has 1 aromatic heterocycles. The van der Waals surface area contributed by atoms with E-state index in [1.165, 1.54) is 4.31 Å². The quantitative estimate of drug-likeness (QED) is 0.634. The third kappa shape index (κ3) is 4.33. The number of nitrogens with zero attached hydrogens (tertiary/aromatic N) is 4. The number of hydrogen-bond donors (Lipinski definition) is 1. The Hall–Kier alpha value is -2.78. The SMILES string of the molecule is CCCn1nnc2cc(S(=O)(=O)N3CCC(C(=O)Nc4ccccc4C)CC3)ccc21. The van der Waals surface area contributed by atoms with Crippen LogP contribution in [0.25, 0.3) is 11.0 Å². The van der Waals surface area contributed by atoms with E-state index in [0.29, 0.717) is 31.4 Å². The van der Waals surface area contributed by atoms with E-state index in [9.17, 15) is 13.2 Å². The third-order valence-electron chi connectivity index (χ3n) is 5.79. The van der Waals surface area contributed by atoms with E-state index >= 15 is 0 Å².